The van der Waals surface area contributed by atoms with Crippen LogP contribution in [-0.4, -0.2) is 53.2 Å². The van der Waals surface area contributed by atoms with Crippen molar-refractivity contribution >= 4 is 50.7 Å². The third-order valence-electron chi connectivity index (χ3n) is 6.80. The Morgan fingerprint density at radius 2 is 2.00 bits per heavy atom. The van der Waals surface area contributed by atoms with Crippen LogP contribution in [0.3, 0.4) is 0 Å². The van der Waals surface area contributed by atoms with Gasteiger partial charge < -0.3 is 26.0 Å². The molecule has 6 rings (SSSR count). The summed E-state index contributed by atoms with van der Waals surface area (Å²) in [5, 5.41) is 6.60. The monoisotopic (exact) mass is 481 g/mol. The highest BCUT2D eigenvalue weighted by Crippen LogP contribution is 2.45. The van der Waals surface area contributed by atoms with E-state index < -0.39 is 0 Å². The number of morpholine rings is 1. The predicted octanol–water partition coefficient (Wildman–Crippen LogP) is 2.89. The molecule has 2 aromatic heterocycles. The van der Waals surface area contributed by atoms with E-state index in [1.165, 1.54) is 23.5 Å². The Balaban J connectivity index is 1.30. The first kappa shape index (κ1) is 21.2. The fourth-order valence-corrected chi connectivity index (χ4v) is 5.94. The highest BCUT2D eigenvalue weighted by molar-refractivity contribution is 7.17. The number of thiazole rings is 1. The Hall–Kier alpha value is -3.31. The number of fused-ring (bicyclic) bond motifs is 3. The molecule has 11 heteroatoms. The van der Waals surface area contributed by atoms with Gasteiger partial charge in [0.25, 0.3) is 0 Å². The van der Waals surface area contributed by atoms with Gasteiger partial charge in [-0.3, -0.25) is 4.79 Å². The maximum Gasteiger partial charge on any atom is 0.231 e. The van der Waals surface area contributed by atoms with Gasteiger partial charge in [-0.1, -0.05) is 12.2 Å². The van der Waals surface area contributed by atoms with E-state index in [0.717, 1.165) is 16.8 Å². The Kier molecular flexibility index (Phi) is 5.30. The smallest absolute Gasteiger partial charge is 0.231 e. The second-order valence-corrected chi connectivity index (χ2v) is 9.72. The molecule has 1 aromatic carbocycles. The number of anilines is 4. The summed E-state index contributed by atoms with van der Waals surface area (Å²) in [6.07, 6.45) is 5.14. The molecule has 1 amide bonds. The van der Waals surface area contributed by atoms with Gasteiger partial charge in [-0.15, -0.1) is 11.3 Å². The van der Waals surface area contributed by atoms with Gasteiger partial charge in [-0.2, -0.15) is 9.97 Å². The molecule has 2 bridgehead atoms. The number of allylic oxidation sites excluding steroid dienone is 1. The Labute approximate surface area is 199 Å². The zero-order chi connectivity index (χ0) is 23.2. The molecule has 2 fully saturated rings. The first-order valence-electron chi connectivity index (χ1n) is 11.3. The fourth-order valence-electron chi connectivity index (χ4n) is 5.26. The first-order chi connectivity index (χ1) is 16.5. The molecule has 176 valence electrons. The van der Waals surface area contributed by atoms with Gasteiger partial charge in [0, 0.05) is 30.5 Å². The molecule has 9 nitrogen and oxygen atoms in total. The van der Waals surface area contributed by atoms with Crippen LogP contribution >= 0.6 is 11.3 Å². The number of primary amides is 1. The largest absolute Gasteiger partial charge is 0.378 e. The molecular weight excluding hydrogens is 457 g/mol. The minimum Gasteiger partial charge on any atom is -0.378 e. The molecule has 3 heterocycles. The Morgan fingerprint density at radius 3 is 2.82 bits per heavy atom. The van der Waals surface area contributed by atoms with E-state index in [9.17, 15) is 9.18 Å². The summed E-state index contributed by atoms with van der Waals surface area (Å²) < 4.78 is 20.6. The molecule has 0 radical (unpaired) electrons. The van der Waals surface area contributed by atoms with E-state index in [-0.39, 0.29) is 35.5 Å². The summed E-state index contributed by atoms with van der Waals surface area (Å²) in [5.41, 5.74) is 9.28. The van der Waals surface area contributed by atoms with Crippen molar-refractivity contribution in [3.63, 3.8) is 0 Å². The Morgan fingerprint density at radius 1 is 1.18 bits per heavy atom. The van der Waals surface area contributed by atoms with Crippen LogP contribution < -0.4 is 21.3 Å². The highest BCUT2D eigenvalue weighted by atomic mass is 32.1. The van der Waals surface area contributed by atoms with E-state index in [2.05, 4.69) is 42.6 Å². The van der Waals surface area contributed by atoms with Crippen LogP contribution in [0.2, 0.25) is 0 Å². The average Bonchev–Trinajstić information content (AvgIpc) is 3.55. The van der Waals surface area contributed by atoms with Gasteiger partial charge >= 0.3 is 0 Å². The zero-order valence-corrected chi connectivity index (χ0v) is 19.1. The summed E-state index contributed by atoms with van der Waals surface area (Å²) in [5.74, 6) is 0.322. The lowest BCUT2D eigenvalue weighted by atomic mass is 9.88. The van der Waals surface area contributed by atoms with Crippen LogP contribution in [0.15, 0.2) is 35.9 Å². The molecule has 1 saturated heterocycles. The number of halogens is 1. The third-order valence-corrected chi connectivity index (χ3v) is 7.62. The van der Waals surface area contributed by atoms with Crippen molar-refractivity contribution in [3.8, 4) is 0 Å². The first-order valence-corrected chi connectivity index (χ1v) is 12.2. The highest BCUT2D eigenvalue weighted by Gasteiger charge is 2.47. The van der Waals surface area contributed by atoms with Gasteiger partial charge in [0.2, 0.25) is 11.9 Å². The number of hydrogen-bond donors (Lipinski definition) is 3. The third kappa shape index (κ3) is 3.84. The van der Waals surface area contributed by atoms with Crippen LogP contribution in [0.4, 0.5) is 27.5 Å². The number of nitrogens with zero attached hydrogens (tertiary/aromatic N) is 4. The second-order valence-electron chi connectivity index (χ2n) is 8.87. The second kappa shape index (κ2) is 8.48. The molecule has 34 heavy (non-hydrogen) atoms. The van der Waals surface area contributed by atoms with Gasteiger partial charge in [0.15, 0.2) is 11.5 Å². The standard InChI is InChI=1S/C23H24FN7O2S/c24-14-8-15(10-16(9-14)31-3-5-33-6-4-31)27-23-29-21-19(34-11-26-21)22(30-23)28-18-13-2-1-12(7-13)17(18)20(25)32/h1-2,8-13,17-18H,3-7H2,(H2,25,32)(H2,27,28,29,30)/t12-,13+,17+,18-/m1/s1. The predicted molar refractivity (Wildman–Crippen MR) is 129 cm³/mol. The van der Waals surface area contributed by atoms with Crippen molar-refractivity contribution in [2.45, 2.75) is 12.5 Å². The quantitative estimate of drug-likeness (QED) is 0.460. The summed E-state index contributed by atoms with van der Waals surface area (Å²) in [6.45, 7) is 2.64. The van der Waals surface area contributed by atoms with Crippen molar-refractivity contribution in [2.75, 3.05) is 41.8 Å². The Bertz CT molecular complexity index is 1280. The number of aromatic nitrogens is 3. The number of benzene rings is 1. The van der Waals surface area contributed by atoms with Crippen molar-refractivity contribution < 1.29 is 13.9 Å². The molecule has 4 N–H and O–H groups in total. The molecule has 0 spiro atoms. The number of ether oxygens (including phenoxy) is 1. The number of nitrogens with one attached hydrogen (secondary N) is 2. The zero-order valence-electron chi connectivity index (χ0n) is 18.3. The molecule has 3 aromatic rings. The lowest BCUT2D eigenvalue weighted by molar-refractivity contribution is -0.122. The van der Waals surface area contributed by atoms with Crippen molar-refractivity contribution in [3.05, 3.63) is 41.7 Å². The summed E-state index contributed by atoms with van der Waals surface area (Å²) in [7, 11) is 0. The van der Waals surface area contributed by atoms with Crippen LogP contribution in [0.1, 0.15) is 6.42 Å². The number of hydrogen-bond acceptors (Lipinski definition) is 9. The molecule has 1 aliphatic heterocycles. The minimum atomic E-state index is -0.349. The molecule has 0 unspecified atom stereocenters. The van der Waals surface area contributed by atoms with Gasteiger partial charge in [-0.25, -0.2) is 9.37 Å². The summed E-state index contributed by atoms with van der Waals surface area (Å²) in [4.78, 5) is 27.8. The van der Waals surface area contributed by atoms with Gasteiger partial charge in [0.05, 0.1) is 24.6 Å². The molecular formula is C23H24FN7O2S. The molecule has 4 atom stereocenters. The molecule has 1 saturated carbocycles. The number of amides is 1. The van der Waals surface area contributed by atoms with Gasteiger partial charge in [0.1, 0.15) is 10.5 Å². The molecule has 2 aliphatic carbocycles. The molecule has 3 aliphatic rings. The summed E-state index contributed by atoms with van der Waals surface area (Å²) >= 11 is 1.43. The van der Waals surface area contributed by atoms with Gasteiger partial charge in [-0.05, 0) is 36.5 Å². The maximum absolute atomic E-state index is 14.4. The van der Waals surface area contributed by atoms with E-state index >= 15 is 0 Å². The van der Waals surface area contributed by atoms with Crippen molar-refractivity contribution in [2.24, 2.45) is 23.5 Å². The fraction of sp³-hybridized carbons (Fsp3) is 0.391. The maximum atomic E-state index is 14.4. The van der Waals surface area contributed by atoms with Crippen molar-refractivity contribution in [1.29, 1.82) is 0 Å². The SMILES string of the molecule is NC(=O)[C@@H]1[C@H](Nc2nc(Nc3cc(F)cc(N4CCOCC4)c3)nc3ncsc23)[C@H]2C=C[C@@H]1C2. The van der Waals surface area contributed by atoms with Crippen LogP contribution in [-0.2, 0) is 9.53 Å². The number of carbonyl (C=O) groups is 1. The van der Waals surface area contributed by atoms with Crippen LogP contribution in [0, 0.1) is 23.6 Å². The van der Waals surface area contributed by atoms with E-state index in [4.69, 9.17) is 10.5 Å². The number of rotatable bonds is 6. The minimum absolute atomic E-state index is 0.136. The number of nitrogens with two attached hydrogens (primary N) is 1. The van der Waals surface area contributed by atoms with Crippen LogP contribution in [0.5, 0.6) is 0 Å². The van der Waals surface area contributed by atoms with E-state index in [1.54, 1.807) is 5.51 Å². The van der Waals surface area contributed by atoms with Crippen molar-refractivity contribution in [1.82, 2.24) is 15.0 Å². The topological polar surface area (TPSA) is 118 Å². The lowest BCUT2D eigenvalue weighted by Crippen LogP contribution is -2.41. The lowest BCUT2D eigenvalue weighted by Gasteiger charge is -2.29. The number of carbonyl (C=O) groups excluding carboxylic acids is 1. The average molecular weight is 482 g/mol. The van der Waals surface area contributed by atoms with Crippen LogP contribution in [0.25, 0.3) is 10.3 Å². The normalized spacial score (nSPS) is 25.7. The van der Waals surface area contributed by atoms with E-state index in [0.29, 0.717) is 49.4 Å². The van der Waals surface area contributed by atoms with E-state index in [1.807, 2.05) is 6.07 Å². The summed E-state index contributed by atoms with van der Waals surface area (Å²) in [6, 6.07) is 4.67.